The van der Waals surface area contributed by atoms with E-state index in [4.69, 9.17) is 15.3 Å². The smallest absolute Gasteiger partial charge is 0.289 e. The fourth-order valence-corrected chi connectivity index (χ4v) is 3.55. The largest absolute Gasteiger partial charge is 0.483 e. The molecular weight excluding hydrogens is 422 g/mol. The van der Waals surface area contributed by atoms with E-state index in [9.17, 15) is 14.4 Å². The summed E-state index contributed by atoms with van der Waals surface area (Å²) in [6, 6.07) is 15.1. The zero-order chi connectivity index (χ0) is 24.5. The average Bonchev–Trinajstić information content (AvgIpc) is 3.16. The van der Waals surface area contributed by atoms with E-state index >= 15 is 0 Å². The van der Waals surface area contributed by atoms with Crippen molar-refractivity contribution in [3.05, 3.63) is 65.4 Å². The minimum Gasteiger partial charge on any atom is -0.483 e. The molecule has 176 valence electrons. The lowest BCUT2D eigenvalue weighted by Gasteiger charge is -2.14. The molecule has 3 rings (SSSR count). The Hall–Kier alpha value is -3.65. The highest BCUT2D eigenvalue weighted by Crippen LogP contribution is 2.35. The van der Waals surface area contributed by atoms with Gasteiger partial charge in [-0.3, -0.25) is 19.2 Å². The van der Waals surface area contributed by atoms with Crippen LogP contribution in [0.2, 0.25) is 0 Å². The number of rotatable bonds is 9. The van der Waals surface area contributed by atoms with Gasteiger partial charge in [-0.05, 0) is 24.1 Å². The molecule has 33 heavy (non-hydrogen) atoms. The van der Waals surface area contributed by atoms with Crippen LogP contribution >= 0.6 is 0 Å². The Morgan fingerprint density at radius 2 is 1.70 bits per heavy atom. The van der Waals surface area contributed by atoms with E-state index in [0.717, 1.165) is 16.1 Å². The SMILES string of the molecule is CC.CCc1c(C(=O)C(N)=O)c2c(OCC(=O)N(C)OC)cccc2n1Cc1ccccc1. The maximum absolute atomic E-state index is 12.8. The molecule has 2 aromatic carbocycles. The standard InChI is InChI=1S/C23H25N3O5.C2H6/c1-4-16-21(22(28)23(24)29)20-17(26(16)13-15-9-6-5-7-10-15)11-8-12-18(20)31-14-19(27)25(2)30-3;1-2/h5-12H,4,13-14H2,1-3H3,(H2,24,29);1-2H3. The van der Waals surface area contributed by atoms with Crippen LogP contribution in [0.4, 0.5) is 0 Å². The molecule has 0 unspecified atom stereocenters. The quantitative estimate of drug-likeness (QED) is 0.304. The maximum atomic E-state index is 12.8. The number of Topliss-reactive ketones (excluding diaryl/α,β-unsaturated/α-hetero) is 1. The highest BCUT2D eigenvalue weighted by atomic mass is 16.7. The molecule has 0 saturated carbocycles. The first-order chi connectivity index (χ1) is 15.9. The van der Waals surface area contributed by atoms with Gasteiger partial charge in [0, 0.05) is 19.3 Å². The number of likely N-dealkylation sites (N-methyl/N-ethyl adjacent to an activating group) is 1. The molecule has 0 spiro atoms. The summed E-state index contributed by atoms with van der Waals surface area (Å²) in [5, 5.41) is 1.51. The highest BCUT2D eigenvalue weighted by Gasteiger charge is 2.27. The third-order valence-electron chi connectivity index (χ3n) is 5.10. The summed E-state index contributed by atoms with van der Waals surface area (Å²) in [5.41, 5.74) is 8.01. The van der Waals surface area contributed by atoms with Gasteiger partial charge in [-0.25, -0.2) is 5.06 Å². The Morgan fingerprint density at radius 1 is 1.03 bits per heavy atom. The lowest BCUT2D eigenvalue weighted by Crippen LogP contribution is -2.30. The number of aromatic nitrogens is 1. The summed E-state index contributed by atoms with van der Waals surface area (Å²) in [4.78, 5) is 41.6. The summed E-state index contributed by atoms with van der Waals surface area (Å²) in [7, 11) is 2.85. The van der Waals surface area contributed by atoms with Crippen molar-refractivity contribution in [3.63, 3.8) is 0 Å². The Kier molecular flexibility index (Phi) is 9.18. The van der Waals surface area contributed by atoms with Crippen LogP contribution in [0.5, 0.6) is 5.75 Å². The molecule has 8 heteroatoms. The number of nitrogens with zero attached hydrogens (tertiary/aromatic N) is 2. The van der Waals surface area contributed by atoms with Crippen LogP contribution < -0.4 is 10.5 Å². The minimum atomic E-state index is -1.04. The molecule has 0 saturated heterocycles. The van der Waals surface area contributed by atoms with Crippen molar-refractivity contribution in [1.29, 1.82) is 0 Å². The van der Waals surface area contributed by atoms with Gasteiger partial charge in [-0.2, -0.15) is 0 Å². The zero-order valence-electron chi connectivity index (χ0n) is 19.8. The summed E-state index contributed by atoms with van der Waals surface area (Å²) in [6.45, 7) is 6.12. The van der Waals surface area contributed by atoms with Crippen molar-refractivity contribution in [1.82, 2.24) is 9.63 Å². The summed E-state index contributed by atoms with van der Waals surface area (Å²) < 4.78 is 7.73. The number of primary amides is 1. The minimum absolute atomic E-state index is 0.212. The lowest BCUT2D eigenvalue weighted by molar-refractivity contribution is -0.170. The lowest BCUT2D eigenvalue weighted by atomic mass is 10.0. The number of carbonyl (C=O) groups excluding carboxylic acids is 3. The van der Waals surface area contributed by atoms with E-state index in [1.54, 1.807) is 12.1 Å². The maximum Gasteiger partial charge on any atom is 0.289 e. The second-order valence-electron chi connectivity index (χ2n) is 6.95. The Morgan fingerprint density at radius 3 is 2.27 bits per heavy atom. The molecule has 2 amide bonds. The average molecular weight is 454 g/mol. The molecular formula is C25H31N3O5. The number of hydroxylamine groups is 2. The van der Waals surface area contributed by atoms with Crippen molar-refractivity contribution < 1.29 is 24.0 Å². The fraction of sp³-hybridized carbons (Fsp3) is 0.320. The van der Waals surface area contributed by atoms with E-state index in [1.165, 1.54) is 14.2 Å². The van der Waals surface area contributed by atoms with Gasteiger partial charge in [0.25, 0.3) is 17.6 Å². The Balaban J connectivity index is 0.00000187. The molecule has 0 atom stereocenters. The summed E-state index contributed by atoms with van der Waals surface area (Å²) >= 11 is 0. The van der Waals surface area contributed by atoms with Gasteiger partial charge in [0.15, 0.2) is 6.61 Å². The van der Waals surface area contributed by atoms with Gasteiger partial charge in [0.1, 0.15) is 5.75 Å². The van der Waals surface area contributed by atoms with Crippen molar-refractivity contribution in [2.24, 2.45) is 5.73 Å². The molecule has 0 radical (unpaired) electrons. The van der Waals surface area contributed by atoms with Crippen molar-refractivity contribution >= 4 is 28.5 Å². The van der Waals surface area contributed by atoms with Crippen LogP contribution in [-0.4, -0.2) is 48.0 Å². The monoisotopic (exact) mass is 453 g/mol. The molecule has 0 aliphatic rings. The summed E-state index contributed by atoms with van der Waals surface area (Å²) in [6.07, 6.45) is 0.501. The van der Waals surface area contributed by atoms with Crippen LogP contribution in [0.25, 0.3) is 10.9 Å². The molecule has 8 nitrogen and oxygen atoms in total. The van der Waals surface area contributed by atoms with Gasteiger partial charge in [-0.1, -0.05) is 57.2 Å². The van der Waals surface area contributed by atoms with E-state index in [0.29, 0.717) is 29.8 Å². The fourth-order valence-electron chi connectivity index (χ4n) is 3.55. The molecule has 0 bridgehead atoms. The Labute approximate surface area is 193 Å². The number of benzene rings is 2. The first kappa shape index (κ1) is 25.6. The summed E-state index contributed by atoms with van der Waals surface area (Å²) in [5.74, 6) is -1.91. The third kappa shape index (κ3) is 5.59. The first-order valence-electron chi connectivity index (χ1n) is 10.8. The van der Waals surface area contributed by atoms with Crippen LogP contribution in [0.3, 0.4) is 0 Å². The number of hydrogen-bond donors (Lipinski definition) is 1. The molecule has 0 aliphatic heterocycles. The number of ketones is 1. The van der Waals surface area contributed by atoms with E-state index in [-0.39, 0.29) is 12.2 Å². The topological polar surface area (TPSA) is 104 Å². The third-order valence-corrected chi connectivity index (χ3v) is 5.10. The molecule has 1 aromatic heterocycles. The molecule has 3 aromatic rings. The number of nitrogens with two attached hydrogens (primary N) is 1. The number of amides is 2. The predicted octanol–water partition coefficient (Wildman–Crippen LogP) is 3.34. The van der Waals surface area contributed by atoms with Gasteiger partial charge in [0.05, 0.1) is 23.6 Å². The van der Waals surface area contributed by atoms with Crippen molar-refractivity contribution in [3.8, 4) is 5.75 Å². The van der Waals surface area contributed by atoms with E-state index < -0.39 is 17.6 Å². The molecule has 0 aliphatic carbocycles. The number of carbonyl (C=O) groups is 3. The second-order valence-corrected chi connectivity index (χ2v) is 6.95. The van der Waals surface area contributed by atoms with E-state index in [2.05, 4.69) is 0 Å². The van der Waals surface area contributed by atoms with Crippen LogP contribution in [0, 0.1) is 0 Å². The van der Waals surface area contributed by atoms with Crippen molar-refractivity contribution in [2.45, 2.75) is 33.7 Å². The molecule has 1 heterocycles. The Bertz CT molecular complexity index is 1120. The van der Waals surface area contributed by atoms with Gasteiger partial charge < -0.3 is 15.0 Å². The van der Waals surface area contributed by atoms with Crippen LogP contribution in [0.15, 0.2) is 48.5 Å². The number of hydrogen-bond acceptors (Lipinski definition) is 5. The second kappa shape index (κ2) is 11.8. The highest BCUT2D eigenvalue weighted by molar-refractivity contribution is 6.45. The van der Waals surface area contributed by atoms with Crippen molar-refractivity contribution in [2.75, 3.05) is 20.8 Å². The van der Waals surface area contributed by atoms with Gasteiger partial charge >= 0.3 is 0 Å². The van der Waals surface area contributed by atoms with Crippen LogP contribution in [0.1, 0.15) is 42.4 Å². The van der Waals surface area contributed by atoms with E-state index in [1.807, 2.05) is 61.7 Å². The van der Waals surface area contributed by atoms with Gasteiger partial charge in [-0.15, -0.1) is 0 Å². The number of ether oxygens (including phenoxy) is 1. The number of fused-ring (bicyclic) bond motifs is 1. The van der Waals surface area contributed by atoms with Gasteiger partial charge in [0.2, 0.25) is 0 Å². The van der Waals surface area contributed by atoms with Crippen LogP contribution in [-0.2, 0) is 27.4 Å². The molecule has 0 fully saturated rings. The molecule has 2 N–H and O–H groups in total. The zero-order valence-corrected chi connectivity index (χ0v) is 19.8. The first-order valence-corrected chi connectivity index (χ1v) is 10.8. The predicted molar refractivity (Wildman–Crippen MR) is 127 cm³/mol. The normalized spacial score (nSPS) is 10.3.